The van der Waals surface area contributed by atoms with E-state index in [4.69, 9.17) is 14.5 Å². The molecule has 0 unspecified atom stereocenters. The zero-order valence-electron chi connectivity index (χ0n) is 18.4. The first kappa shape index (κ1) is 22.0. The van der Waals surface area contributed by atoms with Gasteiger partial charge in [0.05, 0.1) is 14.2 Å². The fourth-order valence-corrected chi connectivity index (χ4v) is 3.64. The summed E-state index contributed by atoms with van der Waals surface area (Å²) in [5.74, 6) is 2.78. The van der Waals surface area contributed by atoms with E-state index < -0.39 is 0 Å². The third kappa shape index (κ3) is 6.13. The van der Waals surface area contributed by atoms with Crippen molar-refractivity contribution in [2.24, 2.45) is 4.99 Å². The summed E-state index contributed by atoms with van der Waals surface area (Å²) in [7, 11) is 3.41. The summed E-state index contributed by atoms with van der Waals surface area (Å²) in [6.07, 6.45) is 4.78. The second-order valence-corrected chi connectivity index (χ2v) is 7.30. The topological polar surface area (TPSA) is 67.2 Å². The molecule has 0 saturated carbocycles. The number of nitrogens with zero attached hydrogens (tertiary/aromatic N) is 5. The number of ether oxygens (including phenoxy) is 2. The number of benzene rings is 1. The average molecular weight is 415 g/mol. The smallest absolute Gasteiger partial charge is 0.194 e. The normalized spacial score (nSPS) is 15.3. The Balaban J connectivity index is 1.51. The number of aliphatic imine (C=N–C) groups is 1. The number of guanidine groups is 1. The van der Waals surface area contributed by atoms with Crippen LogP contribution in [0.1, 0.15) is 18.9 Å². The van der Waals surface area contributed by atoms with Crippen molar-refractivity contribution in [3.05, 3.63) is 42.2 Å². The summed E-state index contributed by atoms with van der Waals surface area (Å²) in [5, 5.41) is 7.69. The molecule has 1 fully saturated rings. The molecule has 0 spiro atoms. The highest BCUT2D eigenvalue weighted by atomic mass is 16.5. The highest BCUT2D eigenvalue weighted by Gasteiger charge is 2.20. The van der Waals surface area contributed by atoms with Crippen molar-refractivity contribution in [3.8, 4) is 11.5 Å². The van der Waals surface area contributed by atoms with Crippen molar-refractivity contribution >= 4 is 5.96 Å². The highest BCUT2D eigenvalue weighted by molar-refractivity contribution is 5.80. The number of methoxy groups -OCH3 is 2. The largest absolute Gasteiger partial charge is 0.497 e. The zero-order chi connectivity index (χ0) is 21.2. The van der Waals surface area contributed by atoms with Crippen molar-refractivity contribution in [3.63, 3.8) is 0 Å². The maximum Gasteiger partial charge on any atom is 0.194 e. The van der Waals surface area contributed by atoms with Gasteiger partial charge in [-0.05, 0) is 37.6 Å². The van der Waals surface area contributed by atoms with Gasteiger partial charge >= 0.3 is 0 Å². The molecule has 0 aliphatic carbocycles. The Morgan fingerprint density at radius 3 is 2.67 bits per heavy atom. The van der Waals surface area contributed by atoms with Crippen molar-refractivity contribution < 1.29 is 9.47 Å². The molecule has 164 valence electrons. The lowest BCUT2D eigenvalue weighted by molar-refractivity contribution is 0.171. The van der Waals surface area contributed by atoms with Crippen LogP contribution >= 0.6 is 0 Å². The predicted octanol–water partition coefficient (Wildman–Crippen LogP) is 2.07. The Labute approximate surface area is 179 Å². The fraction of sp³-hybridized carbons (Fsp3) is 0.545. The van der Waals surface area contributed by atoms with Crippen molar-refractivity contribution in [2.75, 3.05) is 53.5 Å². The summed E-state index contributed by atoms with van der Waals surface area (Å²) < 4.78 is 12.9. The molecule has 0 amide bonds. The molecule has 2 heterocycles. The molecule has 1 N–H and O–H groups in total. The standard InChI is InChI=1S/C22H34N6O2/c1-4-23-22(24-9-5-11-28-12-6-10-25-28)27-15-13-26(14-16-27)18-19-17-20(29-2)7-8-21(19)30-3/h6-8,10,12,17H,4-5,9,11,13-16,18H2,1-3H3,(H,23,24). The average Bonchev–Trinajstić information content (AvgIpc) is 3.30. The van der Waals surface area contributed by atoms with Gasteiger partial charge in [-0.25, -0.2) is 0 Å². The quantitative estimate of drug-likeness (QED) is 0.385. The number of aryl methyl sites for hydroxylation is 1. The van der Waals surface area contributed by atoms with E-state index in [0.29, 0.717) is 0 Å². The molecular formula is C22H34N6O2. The number of hydrogen-bond donors (Lipinski definition) is 1. The predicted molar refractivity (Wildman–Crippen MR) is 119 cm³/mol. The highest BCUT2D eigenvalue weighted by Crippen LogP contribution is 2.25. The monoisotopic (exact) mass is 414 g/mol. The van der Waals surface area contributed by atoms with Crippen LogP contribution in [-0.2, 0) is 13.1 Å². The van der Waals surface area contributed by atoms with E-state index in [1.807, 2.05) is 35.3 Å². The summed E-state index contributed by atoms with van der Waals surface area (Å²) in [6, 6.07) is 7.93. The molecule has 1 saturated heterocycles. The van der Waals surface area contributed by atoms with Crippen LogP contribution in [0.3, 0.4) is 0 Å². The molecule has 1 aliphatic rings. The van der Waals surface area contributed by atoms with Crippen LogP contribution in [0.25, 0.3) is 0 Å². The molecule has 0 bridgehead atoms. The molecule has 8 heteroatoms. The van der Waals surface area contributed by atoms with E-state index >= 15 is 0 Å². The minimum Gasteiger partial charge on any atom is -0.497 e. The first-order chi connectivity index (χ1) is 14.7. The molecule has 1 aromatic carbocycles. The maximum absolute atomic E-state index is 5.53. The van der Waals surface area contributed by atoms with Gasteiger partial charge in [-0.3, -0.25) is 14.6 Å². The second-order valence-electron chi connectivity index (χ2n) is 7.30. The SMILES string of the molecule is CCNC(=NCCCn1cccn1)N1CCN(Cc2cc(OC)ccc2OC)CC1. The van der Waals surface area contributed by atoms with Crippen LogP contribution in [-0.4, -0.2) is 79.0 Å². The molecule has 0 atom stereocenters. The second kappa shape index (κ2) is 11.4. The Hall–Kier alpha value is -2.74. The van der Waals surface area contributed by atoms with Crippen LogP contribution in [0.2, 0.25) is 0 Å². The first-order valence-electron chi connectivity index (χ1n) is 10.7. The molecule has 1 aliphatic heterocycles. The Morgan fingerprint density at radius 1 is 1.17 bits per heavy atom. The lowest BCUT2D eigenvalue weighted by atomic mass is 10.1. The van der Waals surface area contributed by atoms with Gasteiger partial charge < -0.3 is 19.7 Å². The van der Waals surface area contributed by atoms with E-state index in [-0.39, 0.29) is 0 Å². The van der Waals surface area contributed by atoms with Crippen LogP contribution in [0, 0.1) is 0 Å². The summed E-state index contributed by atoms with van der Waals surface area (Å²) in [4.78, 5) is 9.64. The third-order valence-corrected chi connectivity index (χ3v) is 5.25. The van der Waals surface area contributed by atoms with Gasteiger partial charge in [0.25, 0.3) is 0 Å². The Kier molecular flexibility index (Phi) is 8.38. The summed E-state index contributed by atoms with van der Waals surface area (Å²) >= 11 is 0. The molecule has 2 aromatic rings. The third-order valence-electron chi connectivity index (χ3n) is 5.25. The number of rotatable bonds is 9. The summed E-state index contributed by atoms with van der Waals surface area (Å²) in [5.41, 5.74) is 1.16. The minimum absolute atomic E-state index is 0.795. The number of nitrogens with one attached hydrogen (secondary N) is 1. The molecular weight excluding hydrogens is 380 g/mol. The summed E-state index contributed by atoms with van der Waals surface area (Å²) in [6.45, 7) is 9.41. The molecule has 1 aromatic heterocycles. The lowest BCUT2D eigenvalue weighted by Gasteiger charge is -2.36. The van der Waals surface area contributed by atoms with Crippen molar-refractivity contribution in [1.29, 1.82) is 0 Å². The molecule has 3 rings (SSSR count). The van der Waals surface area contributed by atoms with Gasteiger partial charge in [-0.1, -0.05) is 0 Å². The lowest BCUT2D eigenvalue weighted by Crippen LogP contribution is -2.52. The van der Waals surface area contributed by atoms with E-state index in [0.717, 1.165) is 81.8 Å². The van der Waals surface area contributed by atoms with Crippen LogP contribution in [0.15, 0.2) is 41.7 Å². The van der Waals surface area contributed by atoms with Gasteiger partial charge in [0, 0.05) is 70.3 Å². The molecule has 30 heavy (non-hydrogen) atoms. The van der Waals surface area contributed by atoms with E-state index in [1.54, 1.807) is 14.2 Å². The van der Waals surface area contributed by atoms with Gasteiger partial charge in [-0.15, -0.1) is 0 Å². The minimum atomic E-state index is 0.795. The van der Waals surface area contributed by atoms with E-state index in [1.165, 1.54) is 0 Å². The van der Waals surface area contributed by atoms with Crippen LogP contribution < -0.4 is 14.8 Å². The number of aromatic nitrogens is 2. The van der Waals surface area contributed by atoms with Crippen molar-refractivity contribution in [2.45, 2.75) is 26.4 Å². The van der Waals surface area contributed by atoms with Gasteiger partial charge in [0.15, 0.2) is 5.96 Å². The number of hydrogen-bond acceptors (Lipinski definition) is 5. The van der Waals surface area contributed by atoms with Crippen LogP contribution in [0.4, 0.5) is 0 Å². The van der Waals surface area contributed by atoms with Crippen LogP contribution in [0.5, 0.6) is 11.5 Å². The Bertz CT molecular complexity index is 785. The maximum atomic E-state index is 5.53. The molecule has 8 nitrogen and oxygen atoms in total. The Morgan fingerprint density at radius 2 is 2.00 bits per heavy atom. The van der Waals surface area contributed by atoms with E-state index in [2.05, 4.69) is 33.2 Å². The van der Waals surface area contributed by atoms with Gasteiger partial charge in [0.2, 0.25) is 0 Å². The zero-order valence-corrected chi connectivity index (χ0v) is 18.4. The first-order valence-corrected chi connectivity index (χ1v) is 10.7. The van der Waals surface area contributed by atoms with Crippen molar-refractivity contribution in [1.82, 2.24) is 24.9 Å². The van der Waals surface area contributed by atoms with E-state index in [9.17, 15) is 0 Å². The van der Waals surface area contributed by atoms with Gasteiger partial charge in [0.1, 0.15) is 11.5 Å². The number of piperazine rings is 1. The molecule has 0 radical (unpaired) electrons. The van der Waals surface area contributed by atoms with Gasteiger partial charge in [-0.2, -0.15) is 5.10 Å². The fourth-order valence-electron chi connectivity index (χ4n) is 3.64.